The van der Waals surface area contributed by atoms with Crippen molar-refractivity contribution in [1.82, 2.24) is 10.2 Å². The molecular weight excluding hydrogens is 196 g/mol. The average molecular weight is 224 g/mol. The highest BCUT2D eigenvalue weighted by atomic mass is 15.2. The smallest absolute Gasteiger partial charge is 0.0228 e. The third kappa shape index (κ3) is 3.21. The summed E-state index contributed by atoms with van der Waals surface area (Å²) in [7, 11) is 0. The normalized spacial score (nSPS) is 33.2. The van der Waals surface area contributed by atoms with Gasteiger partial charge in [-0.2, -0.15) is 0 Å². The van der Waals surface area contributed by atoms with Gasteiger partial charge >= 0.3 is 0 Å². The first-order valence-electron chi connectivity index (χ1n) is 7.03. The quantitative estimate of drug-likeness (QED) is 0.736. The van der Waals surface area contributed by atoms with Crippen LogP contribution in [0.15, 0.2) is 0 Å². The minimum atomic E-state index is 0.457. The third-order valence-corrected chi connectivity index (χ3v) is 4.02. The predicted molar refractivity (Wildman–Crippen MR) is 69.7 cm³/mol. The zero-order valence-corrected chi connectivity index (χ0v) is 11.3. The second-order valence-corrected chi connectivity index (χ2v) is 6.80. The Hall–Kier alpha value is -0.0800. The Labute approximate surface area is 101 Å². The number of hydrogen-bond donors (Lipinski definition) is 1. The predicted octanol–water partition coefficient (Wildman–Crippen LogP) is 2.64. The van der Waals surface area contributed by atoms with Gasteiger partial charge in [0, 0.05) is 18.6 Å². The lowest BCUT2D eigenvalue weighted by Crippen LogP contribution is -2.48. The van der Waals surface area contributed by atoms with Crippen molar-refractivity contribution in [2.24, 2.45) is 5.41 Å². The van der Waals surface area contributed by atoms with Crippen molar-refractivity contribution in [3.8, 4) is 0 Å². The van der Waals surface area contributed by atoms with Crippen molar-refractivity contribution in [1.29, 1.82) is 0 Å². The van der Waals surface area contributed by atoms with Crippen LogP contribution in [0.1, 0.15) is 52.9 Å². The zero-order chi connectivity index (χ0) is 11.6. The molecule has 0 saturated carbocycles. The van der Waals surface area contributed by atoms with Gasteiger partial charge in [-0.3, -0.25) is 4.90 Å². The van der Waals surface area contributed by atoms with Crippen molar-refractivity contribution in [3.05, 3.63) is 0 Å². The molecule has 0 aromatic rings. The first-order valence-corrected chi connectivity index (χ1v) is 7.03. The van der Waals surface area contributed by atoms with Crippen LogP contribution in [0.5, 0.6) is 0 Å². The van der Waals surface area contributed by atoms with E-state index in [4.69, 9.17) is 0 Å². The minimum Gasteiger partial charge on any atom is -0.315 e. The molecule has 0 amide bonds. The zero-order valence-electron chi connectivity index (χ0n) is 11.3. The maximum atomic E-state index is 3.63. The Morgan fingerprint density at radius 3 is 2.75 bits per heavy atom. The van der Waals surface area contributed by atoms with Crippen LogP contribution in [0.3, 0.4) is 0 Å². The van der Waals surface area contributed by atoms with Crippen LogP contribution in [0.2, 0.25) is 0 Å². The molecule has 2 heteroatoms. The van der Waals surface area contributed by atoms with E-state index in [0.717, 1.165) is 12.1 Å². The summed E-state index contributed by atoms with van der Waals surface area (Å²) in [6.07, 6.45) is 6.99. The van der Waals surface area contributed by atoms with E-state index >= 15 is 0 Å². The van der Waals surface area contributed by atoms with E-state index in [1.165, 1.54) is 51.7 Å². The molecule has 16 heavy (non-hydrogen) atoms. The number of fused-ring (bicyclic) bond motifs is 1. The van der Waals surface area contributed by atoms with Gasteiger partial charge in [0.25, 0.3) is 0 Å². The van der Waals surface area contributed by atoms with Gasteiger partial charge in [-0.25, -0.2) is 0 Å². The summed E-state index contributed by atoms with van der Waals surface area (Å²) in [6.45, 7) is 10.9. The van der Waals surface area contributed by atoms with Crippen LogP contribution in [-0.4, -0.2) is 36.6 Å². The van der Waals surface area contributed by atoms with Crippen LogP contribution in [0.25, 0.3) is 0 Å². The van der Waals surface area contributed by atoms with E-state index in [1.807, 2.05) is 0 Å². The van der Waals surface area contributed by atoms with Gasteiger partial charge in [0.05, 0.1) is 0 Å². The maximum absolute atomic E-state index is 3.63. The van der Waals surface area contributed by atoms with Crippen LogP contribution in [0, 0.1) is 5.41 Å². The molecule has 1 N–H and O–H groups in total. The fourth-order valence-electron chi connectivity index (χ4n) is 3.36. The number of rotatable bonds is 1. The van der Waals surface area contributed by atoms with E-state index in [-0.39, 0.29) is 0 Å². The molecule has 2 fully saturated rings. The van der Waals surface area contributed by atoms with Crippen molar-refractivity contribution in [2.75, 3.05) is 19.6 Å². The second-order valence-electron chi connectivity index (χ2n) is 6.80. The fourth-order valence-corrected chi connectivity index (χ4v) is 3.36. The molecule has 0 aliphatic carbocycles. The summed E-state index contributed by atoms with van der Waals surface area (Å²) >= 11 is 0. The molecule has 0 spiro atoms. The molecule has 94 valence electrons. The van der Waals surface area contributed by atoms with Gasteiger partial charge in [0.15, 0.2) is 0 Å². The number of nitrogens with one attached hydrogen (secondary N) is 1. The van der Waals surface area contributed by atoms with E-state index in [1.54, 1.807) is 0 Å². The Kier molecular flexibility index (Phi) is 3.91. The molecule has 2 saturated heterocycles. The molecule has 2 aliphatic heterocycles. The largest absolute Gasteiger partial charge is 0.315 e. The van der Waals surface area contributed by atoms with E-state index in [9.17, 15) is 0 Å². The summed E-state index contributed by atoms with van der Waals surface area (Å²) in [5.41, 5.74) is 0.457. The van der Waals surface area contributed by atoms with Gasteiger partial charge in [-0.15, -0.1) is 0 Å². The fraction of sp³-hybridized carbons (Fsp3) is 1.00. The molecule has 0 bridgehead atoms. The SMILES string of the molecule is CC(C)(C)CC1CNCCC2CCCCN21. The van der Waals surface area contributed by atoms with Crippen molar-refractivity contribution >= 4 is 0 Å². The molecule has 2 aliphatic rings. The highest BCUT2D eigenvalue weighted by molar-refractivity contribution is 4.89. The van der Waals surface area contributed by atoms with E-state index in [2.05, 4.69) is 31.0 Å². The summed E-state index contributed by atoms with van der Waals surface area (Å²) in [5.74, 6) is 0. The van der Waals surface area contributed by atoms with Crippen LogP contribution < -0.4 is 5.32 Å². The second kappa shape index (κ2) is 5.05. The van der Waals surface area contributed by atoms with E-state index in [0.29, 0.717) is 5.41 Å². The Balaban J connectivity index is 2.02. The molecule has 0 radical (unpaired) electrons. The molecule has 2 unspecified atom stereocenters. The van der Waals surface area contributed by atoms with Crippen LogP contribution in [0.4, 0.5) is 0 Å². The van der Waals surface area contributed by atoms with Gasteiger partial charge in [0.1, 0.15) is 0 Å². The summed E-state index contributed by atoms with van der Waals surface area (Å²) in [6, 6.07) is 1.64. The van der Waals surface area contributed by atoms with Crippen molar-refractivity contribution < 1.29 is 0 Å². The minimum absolute atomic E-state index is 0.457. The molecular formula is C14H28N2. The van der Waals surface area contributed by atoms with Gasteiger partial charge in [-0.1, -0.05) is 27.2 Å². The van der Waals surface area contributed by atoms with Crippen LogP contribution >= 0.6 is 0 Å². The lowest BCUT2D eigenvalue weighted by Gasteiger charge is -2.41. The number of nitrogens with zero attached hydrogens (tertiary/aromatic N) is 1. The lowest BCUT2D eigenvalue weighted by atomic mass is 9.86. The van der Waals surface area contributed by atoms with E-state index < -0.39 is 0 Å². The topological polar surface area (TPSA) is 15.3 Å². The number of hydrogen-bond acceptors (Lipinski definition) is 2. The van der Waals surface area contributed by atoms with Crippen molar-refractivity contribution in [2.45, 2.75) is 65.0 Å². The van der Waals surface area contributed by atoms with Gasteiger partial charge in [0.2, 0.25) is 0 Å². The highest BCUT2D eigenvalue weighted by Crippen LogP contribution is 2.29. The first kappa shape index (κ1) is 12.4. The molecule has 0 aromatic carbocycles. The maximum Gasteiger partial charge on any atom is 0.0228 e. The Bertz CT molecular complexity index is 219. The molecule has 2 atom stereocenters. The third-order valence-electron chi connectivity index (χ3n) is 4.02. The highest BCUT2D eigenvalue weighted by Gasteiger charge is 2.32. The van der Waals surface area contributed by atoms with Gasteiger partial charge < -0.3 is 5.32 Å². The molecule has 0 aromatic heterocycles. The number of piperidine rings is 1. The average Bonchev–Trinajstić information content (AvgIpc) is 2.39. The Morgan fingerprint density at radius 2 is 2.00 bits per heavy atom. The summed E-state index contributed by atoms with van der Waals surface area (Å²) in [4.78, 5) is 2.81. The Morgan fingerprint density at radius 1 is 1.19 bits per heavy atom. The summed E-state index contributed by atoms with van der Waals surface area (Å²) in [5, 5.41) is 3.63. The first-order chi connectivity index (χ1) is 7.56. The van der Waals surface area contributed by atoms with Crippen molar-refractivity contribution in [3.63, 3.8) is 0 Å². The molecule has 2 nitrogen and oxygen atoms in total. The molecule has 2 rings (SSSR count). The molecule has 2 heterocycles. The lowest BCUT2D eigenvalue weighted by molar-refractivity contribution is 0.0796. The standard InChI is InChI=1S/C14H28N2/c1-14(2,3)10-13-11-15-8-7-12-6-4-5-9-16(12)13/h12-13,15H,4-11H2,1-3H3. The summed E-state index contributed by atoms with van der Waals surface area (Å²) < 4.78 is 0. The van der Waals surface area contributed by atoms with Crippen LogP contribution in [-0.2, 0) is 0 Å². The monoisotopic (exact) mass is 224 g/mol. The van der Waals surface area contributed by atoms with Gasteiger partial charge in [-0.05, 0) is 44.2 Å².